The molecule has 0 saturated heterocycles. The van der Waals surface area contributed by atoms with Gasteiger partial charge in [-0.25, -0.2) is 4.98 Å². The second-order valence-corrected chi connectivity index (χ2v) is 3.67. The summed E-state index contributed by atoms with van der Waals surface area (Å²) in [7, 11) is 1.88. The predicted octanol–water partition coefficient (Wildman–Crippen LogP) is 2.00. The van der Waals surface area contributed by atoms with Crippen molar-refractivity contribution in [3.8, 4) is 0 Å². The Morgan fingerprint density at radius 2 is 2.38 bits per heavy atom. The van der Waals surface area contributed by atoms with Gasteiger partial charge in [0.1, 0.15) is 11.6 Å². The molecular formula is C12H14N2O2. The van der Waals surface area contributed by atoms with Gasteiger partial charge in [-0.3, -0.25) is 4.79 Å². The van der Waals surface area contributed by atoms with Crippen LogP contribution in [0.25, 0.3) is 0 Å². The first-order valence-electron chi connectivity index (χ1n) is 5.28. The molecule has 2 heterocycles. The minimum atomic E-state index is 0.0555. The van der Waals surface area contributed by atoms with Crippen LogP contribution in [0.15, 0.2) is 29.1 Å². The van der Waals surface area contributed by atoms with Crippen molar-refractivity contribution in [3.05, 3.63) is 41.9 Å². The number of carbonyl (C=O) groups excluding carboxylic acids is 1. The maximum atomic E-state index is 12.0. The lowest BCUT2D eigenvalue weighted by Crippen LogP contribution is -2.09. The summed E-state index contributed by atoms with van der Waals surface area (Å²) in [6.07, 6.45) is 6.13. The fourth-order valence-corrected chi connectivity index (χ4v) is 1.67. The molecule has 0 atom stereocenters. The molecule has 0 bridgehead atoms. The number of Topliss-reactive ketones (excluding diaryl/α,β-unsaturated/α-hetero) is 1. The third kappa shape index (κ3) is 1.91. The van der Waals surface area contributed by atoms with E-state index in [9.17, 15) is 4.79 Å². The summed E-state index contributed by atoms with van der Waals surface area (Å²) in [5.74, 6) is 1.58. The topological polar surface area (TPSA) is 48.0 Å². The lowest BCUT2D eigenvalue weighted by atomic mass is 10.1. The van der Waals surface area contributed by atoms with Gasteiger partial charge >= 0.3 is 0 Å². The number of furan rings is 1. The van der Waals surface area contributed by atoms with E-state index in [1.54, 1.807) is 18.5 Å². The van der Waals surface area contributed by atoms with Crippen molar-refractivity contribution in [2.24, 2.45) is 7.05 Å². The number of aryl methyl sites for hydroxylation is 2. The molecule has 0 N–H and O–H groups in total. The van der Waals surface area contributed by atoms with Crippen molar-refractivity contribution in [1.82, 2.24) is 9.55 Å². The first-order chi connectivity index (χ1) is 7.72. The zero-order valence-corrected chi connectivity index (χ0v) is 9.43. The van der Waals surface area contributed by atoms with E-state index in [0.29, 0.717) is 12.0 Å². The van der Waals surface area contributed by atoms with Crippen LogP contribution in [-0.4, -0.2) is 15.3 Å². The summed E-state index contributed by atoms with van der Waals surface area (Å²) >= 11 is 0. The van der Waals surface area contributed by atoms with Gasteiger partial charge in [0.25, 0.3) is 0 Å². The standard InChI is InChI=1S/C12H14N2O2/c1-3-11-9(4-7-16-11)10(15)8-12-13-5-6-14(12)2/h4-7H,3,8H2,1-2H3. The molecule has 0 spiro atoms. The van der Waals surface area contributed by atoms with E-state index in [2.05, 4.69) is 4.98 Å². The van der Waals surface area contributed by atoms with Crippen molar-refractivity contribution < 1.29 is 9.21 Å². The minimum absolute atomic E-state index is 0.0555. The summed E-state index contributed by atoms with van der Waals surface area (Å²) in [5.41, 5.74) is 0.672. The van der Waals surface area contributed by atoms with Crippen molar-refractivity contribution in [2.45, 2.75) is 19.8 Å². The number of imidazole rings is 1. The minimum Gasteiger partial charge on any atom is -0.469 e. The maximum absolute atomic E-state index is 12.0. The number of ketones is 1. The average molecular weight is 218 g/mol. The molecule has 0 unspecified atom stereocenters. The molecule has 0 saturated carbocycles. The summed E-state index contributed by atoms with van der Waals surface area (Å²) in [4.78, 5) is 16.1. The lowest BCUT2D eigenvalue weighted by molar-refractivity contribution is 0.0988. The normalized spacial score (nSPS) is 10.6. The van der Waals surface area contributed by atoms with Crippen LogP contribution in [0.1, 0.15) is 28.9 Å². The molecule has 4 nitrogen and oxygen atoms in total. The Hall–Kier alpha value is -1.84. The second-order valence-electron chi connectivity index (χ2n) is 3.67. The van der Waals surface area contributed by atoms with Crippen LogP contribution >= 0.6 is 0 Å². The molecule has 0 radical (unpaired) electrons. The van der Waals surface area contributed by atoms with Crippen molar-refractivity contribution in [3.63, 3.8) is 0 Å². The zero-order valence-electron chi connectivity index (χ0n) is 9.43. The van der Waals surface area contributed by atoms with E-state index in [1.807, 2.05) is 24.7 Å². The van der Waals surface area contributed by atoms with Crippen molar-refractivity contribution in [2.75, 3.05) is 0 Å². The molecule has 0 aliphatic heterocycles. The van der Waals surface area contributed by atoms with Crippen LogP contribution in [0.3, 0.4) is 0 Å². The largest absolute Gasteiger partial charge is 0.469 e. The highest BCUT2D eigenvalue weighted by Crippen LogP contribution is 2.13. The SMILES string of the molecule is CCc1occc1C(=O)Cc1nccn1C. The number of carbonyl (C=O) groups is 1. The van der Waals surface area contributed by atoms with Gasteiger partial charge in [-0.2, -0.15) is 0 Å². The molecule has 2 rings (SSSR count). The Morgan fingerprint density at radius 1 is 1.56 bits per heavy atom. The van der Waals surface area contributed by atoms with E-state index in [-0.39, 0.29) is 5.78 Å². The fourth-order valence-electron chi connectivity index (χ4n) is 1.67. The molecule has 0 amide bonds. The van der Waals surface area contributed by atoms with Gasteiger partial charge in [0.05, 0.1) is 18.2 Å². The quantitative estimate of drug-likeness (QED) is 0.737. The van der Waals surface area contributed by atoms with Crippen LogP contribution in [0, 0.1) is 0 Å². The van der Waals surface area contributed by atoms with E-state index < -0.39 is 0 Å². The Balaban J connectivity index is 2.18. The summed E-state index contributed by atoms with van der Waals surface area (Å²) in [6, 6.07) is 1.73. The molecule has 4 heteroatoms. The molecule has 2 aromatic heterocycles. The van der Waals surface area contributed by atoms with E-state index >= 15 is 0 Å². The number of hydrogen-bond donors (Lipinski definition) is 0. The molecule has 0 aromatic carbocycles. The third-order valence-electron chi connectivity index (χ3n) is 2.61. The highest BCUT2D eigenvalue weighted by atomic mass is 16.3. The highest BCUT2D eigenvalue weighted by molar-refractivity contribution is 5.98. The van der Waals surface area contributed by atoms with E-state index in [4.69, 9.17) is 4.42 Å². The Labute approximate surface area is 93.9 Å². The summed E-state index contributed by atoms with van der Waals surface area (Å²) < 4.78 is 7.09. The highest BCUT2D eigenvalue weighted by Gasteiger charge is 2.15. The summed E-state index contributed by atoms with van der Waals surface area (Å²) in [6.45, 7) is 1.97. The van der Waals surface area contributed by atoms with Gasteiger partial charge in [0.2, 0.25) is 0 Å². The number of aromatic nitrogens is 2. The van der Waals surface area contributed by atoms with Crippen LogP contribution in [0.2, 0.25) is 0 Å². The van der Waals surface area contributed by atoms with Crippen LogP contribution in [0.5, 0.6) is 0 Å². The average Bonchev–Trinajstić information content (AvgIpc) is 2.87. The van der Waals surface area contributed by atoms with Gasteiger partial charge in [-0.1, -0.05) is 6.92 Å². The molecule has 2 aromatic rings. The Kier molecular flexibility index (Phi) is 2.90. The summed E-state index contributed by atoms with van der Waals surface area (Å²) in [5, 5.41) is 0. The van der Waals surface area contributed by atoms with Crippen molar-refractivity contribution >= 4 is 5.78 Å². The third-order valence-corrected chi connectivity index (χ3v) is 2.61. The Morgan fingerprint density at radius 3 is 3.00 bits per heavy atom. The second kappa shape index (κ2) is 4.35. The van der Waals surface area contributed by atoms with Crippen LogP contribution < -0.4 is 0 Å². The lowest BCUT2D eigenvalue weighted by Gasteiger charge is -2.01. The van der Waals surface area contributed by atoms with Crippen LogP contribution in [0.4, 0.5) is 0 Å². The monoisotopic (exact) mass is 218 g/mol. The Bertz CT molecular complexity index is 497. The van der Waals surface area contributed by atoms with Gasteiger partial charge in [0.15, 0.2) is 5.78 Å². The molecule has 0 fully saturated rings. The smallest absolute Gasteiger partial charge is 0.173 e. The van der Waals surface area contributed by atoms with Gasteiger partial charge in [-0.05, 0) is 6.07 Å². The molecule has 16 heavy (non-hydrogen) atoms. The first-order valence-corrected chi connectivity index (χ1v) is 5.28. The molecule has 0 aliphatic rings. The number of nitrogens with zero attached hydrogens (tertiary/aromatic N) is 2. The predicted molar refractivity (Wildman–Crippen MR) is 59.3 cm³/mol. The number of rotatable bonds is 4. The fraction of sp³-hybridized carbons (Fsp3) is 0.333. The molecular weight excluding hydrogens is 204 g/mol. The molecule has 84 valence electrons. The molecule has 0 aliphatic carbocycles. The maximum Gasteiger partial charge on any atom is 0.173 e. The van der Waals surface area contributed by atoms with Gasteiger partial charge in [0, 0.05) is 25.9 Å². The van der Waals surface area contributed by atoms with Gasteiger partial charge < -0.3 is 8.98 Å². The van der Waals surface area contributed by atoms with Crippen LogP contribution in [-0.2, 0) is 19.9 Å². The first kappa shape index (κ1) is 10.7. The van der Waals surface area contributed by atoms with E-state index in [0.717, 1.165) is 18.0 Å². The van der Waals surface area contributed by atoms with Gasteiger partial charge in [-0.15, -0.1) is 0 Å². The zero-order chi connectivity index (χ0) is 11.5. The number of hydrogen-bond acceptors (Lipinski definition) is 3. The van der Waals surface area contributed by atoms with E-state index in [1.165, 1.54) is 0 Å². The van der Waals surface area contributed by atoms with Crippen molar-refractivity contribution in [1.29, 1.82) is 0 Å².